The van der Waals surface area contributed by atoms with Crippen LogP contribution in [0.4, 0.5) is 0 Å². The molecule has 0 bridgehead atoms. The highest BCUT2D eigenvalue weighted by molar-refractivity contribution is 5.94. The van der Waals surface area contributed by atoms with Crippen molar-refractivity contribution in [1.29, 1.82) is 5.26 Å². The molecule has 5 nitrogen and oxygen atoms in total. The fourth-order valence-electron chi connectivity index (χ4n) is 2.40. The van der Waals surface area contributed by atoms with Crippen LogP contribution in [-0.4, -0.2) is 34.6 Å². The molecule has 0 heterocycles. The van der Waals surface area contributed by atoms with E-state index >= 15 is 0 Å². The third kappa shape index (κ3) is 5.33. The summed E-state index contributed by atoms with van der Waals surface area (Å²) in [5, 5.41) is 18.8. The first-order valence-corrected chi connectivity index (χ1v) is 8.12. The topological polar surface area (TPSA) is 73.6 Å². The molecule has 130 valence electrons. The van der Waals surface area contributed by atoms with Gasteiger partial charge < -0.3 is 14.7 Å². The number of amides is 1. The van der Waals surface area contributed by atoms with E-state index in [-0.39, 0.29) is 12.5 Å². The molecule has 25 heavy (non-hydrogen) atoms. The van der Waals surface area contributed by atoms with Crippen LogP contribution in [0.3, 0.4) is 0 Å². The second-order valence-corrected chi connectivity index (χ2v) is 6.40. The molecule has 0 aromatic heterocycles. The Morgan fingerprint density at radius 1 is 1.20 bits per heavy atom. The van der Waals surface area contributed by atoms with Gasteiger partial charge in [-0.25, -0.2) is 0 Å². The Kier molecular flexibility index (Phi) is 5.79. The number of ether oxygens (including phenoxy) is 1. The number of nitriles is 1. The number of rotatable bonds is 6. The zero-order valence-corrected chi connectivity index (χ0v) is 14.7. The fourth-order valence-corrected chi connectivity index (χ4v) is 2.40. The van der Waals surface area contributed by atoms with E-state index in [1.54, 1.807) is 67.3 Å². The number of likely N-dealkylation sites (N-methyl/N-ethyl adjacent to an activating group) is 1. The molecule has 0 atom stereocenters. The zero-order chi connectivity index (χ0) is 18.4. The lowest BCUT2D eigenvalue weighted by Crippen LogP contribution is -2.42. The van der Waals surface area contributed by atoms with Crippen molar-refractivity contribution in [3.63, 3.8) is 0 Å². The lowest BCUT2D eigenvalue weighted by atomic mass is 10.1. The maximum absolute atomic E-state index is 12.7. The highest BCUT2D eigenvalue weighted by atomic mass is 16.5. The van der Waals surface area contributed by atoms with Crippen LogP contribution in [0, 0.1) is 11.3 Å². The van der Waals surface area contributed by atoms with Gasteiger partial charge in [-0.15, -0.1) is 0 Å². The van der Waals surface area contributed by atoms with E-state index in [2.05, 4.69) is 6.07 Å². The Morgan fingerprint density at radius 2 is 1.88 bits per heavy atom. The summed E-state index contributed by atoms with van der Waals surface area (Å²) in [6.07, 6.45) is 0. The van der Waals surface area contributed by atoms with Crippen LogP contribution in [0.15, 0.2) is 48.5 Å². The molecule has 0 aliphatic carbocycles. The van der Waals surface area contributed by atoms with Gasteiger partial charge in [-0.3, -0.25) is 4.79 Å². The second kappa shape index (κ2) is 7.82. The van der Waals surface area contributed by atoms with E-state index in [1.165, 1.54) is 0 Å². The Labute approximate surface area is 148 Å². The third-order valence-corrected chi connectivity index (χ3v) is 3.55. The quantitative estimate of drug-likeness (QED) is 0.873. The van der Waals surface area contributed by atoms with Gasteiger partial charge in [-0.2, -0.15) is 5.26 Å². The molecule has 2 aromatic carbocycles. The van der Waals surface area contributed by atoms with Crippen molar-refractivity contribution < 1.29 is 14.6 Å². The molecule has 5 heteroatoms. The number of aliphatic hydroxyl groups is 1. The van der Waals surface area contributed by atoms with Gasteiger partial charge in [0.2, 0.25) is 0 Å². The van der Waals surface area contributed by atoms with Crippen LogP contribution in [0.1, 0.15) is 36.7 Å². The molecule has 2 rings (SSSR count). The summed E-state index contributed by atoms with van der Waals surface area (Å²) in [6.45, 7) is 5.98. The molecule has 1 amide bonds. The molecule has 0 saturated heterocycles. The molecule has 0 aliphatic heterocycles. The molecular weight excluding hydrogens is 316 g/mol. The van der Waals surface area contributed by atoms with Crippen molar-refractivity contribution in [2.45, 2.75) is 26.4 Å². The molecule has 0 fully saturated rings. The van der Waals surface area contributed by atoms with Crippen molar-refractivity contribution in [3.8, 4) is 17.6 Å². The van der Waals surface area contributed by atoms with Crippen LogP contribution in [0.2, 0.25) is 0 Å². The maximum atomic E-state index is 12.7. The van der Waals surface area contributed by atoms with Gasteiger partial charge >= 0.3 is 0 Å². The molecule has 0 aliphatic rings. The van der Waals surface area contributed by atoms with Crippen LogP contribution in [0.25, 0.3) is 0 Å². The van der Waals surface area contributed by atoms with Gasteiger partial charge in [0.15, 0.2) is 0 Å². The zero-order valence-electron chi connectivity index (χ0n) is 14.7. The first-order chi connectivity index (χ1) is 11.8. The lowest BCUT2D eigenvalue weighted by molar-refractivity contribution is 0.0314. The number of carbonyl (C=O) groups excluding carboxylic acids is 1. The number of nitrogens with zero attached hydrogens (tertiary/aromatic N) is 2. The molecule has 0 unspecified atom stereocenters. The molecule has 0 saturated carbocycles. The highest BCUT2D eigenvalue weighted by Gasteiger charge is 2.22. The van der Waals surface area contributed by atoms with Crippen molar-refractivity contribution in [3.05, 3.63) is 59.7 Å². The first-order valence-electron chi connectivity index (χ1n) is 8.12. The van der Waals surface area contributed by atoms with Gasteiger partial charge in [-0.1, -0.05) is 6.07 Å². The molecule has 0 radical (unpaired) electrons. The Morgan fingerprint density at radius 3 is 2.44 bits per heavy atom. The fraction of sp³-hybridized carbons (Fsp3) is 0.300. The van der Waals surface area contributed by atoms with Crippen LogP contribution in [0.5, 0.6) is 11.5 Å². The summed E-state index contributed by atoms with van der Waals surface area (Å²) in [6, 6.07) is 15.7. The van der Waals surface area contributed by atoms with Crippen molar-refractivity contribution in [2.75, 3.05) is 13.1 Å². The third-order valence-electron chi connectivity index (χ3n) is 3.55. The predicted molar refractivity (Wildman–Crippen MR) is 95.5 cm³/mol. The van der Waals surface area contributed by atoms with E-state index in [1.807, 2.05) is 6.92 Å². The van der Waals surface area contributed by atoms with Gasteiger partial charge in [0.05, 0.1) is 17.2 Å². The van der Waals surface area contributed by atoms with Gasteiger partial charge in [0, 0.05) is 18.7 Å². The van der Waals surface area contributed by atoms with E-state index in [4.69, 9.17) is 10.00 Å². The highest BCUT2D eigenvalue weighted by Crippen LogP contribution is 2.23. The normalized spacial score (nSPS) is 10.8. The minimum Gasteiger partial charge on any atom is -0.457 e. The maximum Gasteiger partial charge on any atom is 0.254 e. The summed E-state index contributed by atoms with van der Waals surface area (Å²) in [5.74, 6) is 0.970. The monoisotopic (exact) mass is 338 g/mol. The SMILES string of the molecule is CCN(CC(C)(C)O)C(=O)c1cccc(Oc2ccc(C#N)cc2)c1. The van der Waals surface area contributed by atoms with E-state index < -0.39 is 5.60 Å². The summed E-state index contributed by atoms with van der Waals surface area (Å²) in [7, 11) is 0. The standard InChI is InChI=1S/C20H22N2O3/c1-4-22(14-20(2,3)24)19(23)16-6-5-7-18(12-16)25-17-10-8-15(13-21)9-11-17/h5-12,24H,4,14H2,1-3H3. The van der Waals surface area contributed by atoms with Crippen molar-refractivity contribution >= 4 is 5.91 Å². The van der Waals surface area contributed by atoms with Crippen molar-refractivity contribution in [2.24, 2.45) is 0 Å². The number of benzene rings is 2. The van der Waals surface area contributed by atoms with Gasteiger partial charge in [-0.05, 0) is 63.2 Å². The lowest BCUT2D eigenvalue weighted by Gasteiger charge is -2.28. The molecule has 1 N–H and O–H groups in total. The number of hydrogen-bond acceptors (Lipinski definition) is 4. The minimum absolute atomic E-state index is 0.157. The summed E-state index contributed by atoms with van der Waals surface area (Å²) in [5.41, 5.74) is 0.0983. The summed E-state index contributed by atoms with van der Waals surface area (Å²) < 4.78 is 5.75. The van der Waals surface area contributed by atoms with Gasteiger partial charge in [0.25, 0.3) is 5.91 Å². The van der Waals surface area contributed by atoms with E-state index in [9.17, 15) is 9.90 Å². The summed E-state index contributed by atoms with van der Waals surface area (Å²) in [4.78, 5) is 14.3. The molecule has 0 spiro atoms. The largest absolute Gasteiger partial charge is 0.457 e. The van der Waals surface area contributed by atoms with Crippen molar-refractivity contribution in [1.82, 2.24) is 4.90 Å². The van der Waals surface area contributed by atoms with Gasteiger partial charge in [0.1, 0.15) is 11.5 Å². The van der Waals surface area contributed by atoms with E-state index in [0.717, 1.165) is 0 Å². The van der Waals surface area contributed by atoms with Crippen LogP contribution < -0.4 is 4.74 Å². The smallest absolute Gasteiger partial charge is 0.254 e. The molecular formula is C20H22N2O3. The number of carbonyl (C=O) groups is 1. The summed E-state index contributed by atoms with van der Waals surface area (Å²) >= 11 is 0. The van der Waals surface area contributed by atoms with Crippen LogP contribution in [-0.2, 0) is 0 Å². The predicted octanol–water partition coefficient (Wildman–Crippen LogP) is 3.58. The second-order valence-electron chi connectivity index (χ2n) is 6.40. The van der Waals surface area contributed by atoms with Crippen LogP contribution >= 0.6 is 0 Å². The average Bonchev–Trinajstić information content (AvgIpc) is 2.59. The first kappa shape index (κ1) is 18.5. The Bertz CT molecular complexity index is 771. The average molecular weight is 338 g/mol. The van der Waals surface area contributed by atoms with E-state index in [0.29, 0.717) is 29.2 Å². The molecule has 2 aromatic rings. The Hall–Kier alpha value is -2.84. The number of hydrogen-bond donors (Lipinski definition) is 1. The minimum atomic E-state index is -0.956. The Balaban J connectivity index is 2.16.